The summed E-state index contributed by atoms with van der Waals surface area (Å²) < 4.78 is 58.9. The number of hydrogen-bond donors (Lipinski definition) is 2. The standard InChI is InChI=1S/C24H18F4N2O3/c1-33-21-5-3-2-4-15(21)8-13-22(31)30-20-12-11-18(14-19(20)24(26,27)28)29-23(32)16-6-9-17(25)10-7-16/h2-14H,1H3,(H,29,32)(H,30,31)/b13-8+. The normalized spacial score (nSPS) is 11.3. The fraction of sp³-hybridized carbons (Fsp3) is 0.0833. The molecule has 5 nitrogen and oxygen atoms in total. The highest BCUT2D eigenvalue weighted by Gasteiger charge is 2.34. The third kappa shape index (κ3) is 6.19. The molecule has 2 amide bonds. The molecule has 3 aromatic rings. The summed E-state index contributed by atoms with van der Waals surface area (Å²) in [5.41, 5.74) is -1.11. The van der Waals surface area contributed by atoms with Crippen molar-refractivity contribution in [2.45, 2.75) is 6.18 Å². The summed E-state index contributed by atoms with van der Waals surface area (Å²) in [6.07, 6.45) is -2.30. The van der Waals surface area contributed by atoms with Gasteiger partial charge >= 0.3 is 6.18 Å². The summed E-state index contributed by atoms with van der Waals surface area (Å²) in [5, 5.41) is 4.53. The lowest BCUT2D eigenvalue weighted by Gasteiger charge is -2.15. The molecule has 0 aliphatic heterocycles. The van der Waals surface area contributed by atoms with E-state index in [-0.39, 0.29) is 11.3 Å². The van der Waals surface area contributed by atoms with E-state index in [1.807, 2.05) is 0 Å². The van der Waals surface area contributed by atoms with Crippen LogP contribution in [0.3, 0.4) is 0 Å². The van der Waals surface area contributed by atoms with Crippen LogP contribution in [0.15, 0.2) is 72.8 Å². The van der Waals surface area contributed by atoms with Crippen molar-refractivity contribution in [1.29, 1.82) is 0 Å². The third-order valence-corrected chi connectivity index (χ3v) is 4.50. The highest BCUT2D eigenvalue weighted by Crippen LogP contribution is 2.36. The van der Waals surface area contributed by atoms with Gasteiger partial charge in [0.15, 0.2) is 0 Å². The molecule has 0 radical (unpaired) electrons. The average Bonchev–Trinajstić information content (AvgIpc) is 2.78. The van der Waals surface area contributed by atoms with Gasteiger partial charge in [0.05, 0.1) is 18.4 Å². The van der Waals surface area contributed by atoms with Crippen molar-refractivity contribution in [2.75, 3.05) is 17.7 Å². The number of carbonyl (C=O) groups is 2. The SMILES string of the molecule is COc1ccccc1/C=C/C(=O)Nc1ccc(NC(=O)c2ccc(F)cc2)cc1C(F)(F)F. The predicted molar refractivity (Wildman–Crippen MR) is 116 cm³/mol. The molecule has 170 valence electrons. The smallest absolute Gasteiger partial charge is 0.418 e. The van der Waals surface area contributed by atoms with Gasteiger partial charge in [0.1, 0.15) is 11.6 Å². The first-order valence-corrected chi connectivity index (χ1v) is 9.57. The Balaban J connectivity index is 1.79. The minimum absolute atomic E-state index is 0.0730. The molecule has 0 spiro atoms. The van der Waals surface area contributed by atoms with E-state index < -0.39 is 35.1 Å². The first-order valence-electron chi connectivity index (χ1n) is 9.57. The quantitative estimate of drug-likeness (QED) is 0.365. The van der Waals surface area contributed by atoms with Crippen LogP contribution in [0.1, 0.15) is 21.5 Å². The van der Waals surface area contributed by atoms with Gasteiger partial charge in [0, 0.05) is 22.9 Å². The van der Waals surface area contributed by atoms with E-state index in [9.17, 15) is 27.2 Å². The van der Waals surface area contributed by atoms with Crippen LogP contribution in [0.25, 0.3) is 6.08 Å². The van der Waals surface area contributed by atoms with Gasteiger partial charge < -0.3 is 15.4 Å². The maximum Gasteiger partial charge on any atom is 0.418 e. The minimum atomic E-state index is -4.80. The van der Waals surface area contributed by atoms with Gasteiger partial charge in [-0.1, -0.05) is 18.2 Å². The fourth-order valence-corrected chi connectivity index (χ4v) is 2.91. The Kier molecular flexibility index (Phi) is 7.12. The molecule has 0 heterocycles. The Bertz CT molecular complexity index is 1190. The molecule has 0 aliphatic carbocycles. The molecule has 0 bridgehead atoms. The van der Waals surface area contributed by atoms with E-state index in [4.69, 9.17) is 4.74 Å². The second-order valence-electron chi connectivity index (χ2n) is 6.78. The molecule has 0 aliphatic rings. The zero-order valence-electron chi connectivity index (χ0n) is 17.2. The summed E-state index contributed by atoms with van der Waals surface area (Å²) >= 11 is 0. The van der Waals surface area contributed by atoms with Crippen molar-refractivity contribution in [3.63, 3.8) is 0 Å². The van der Waals surface area contributed by atoms with E-state index in [1.54, 1.807) is 24.3 Å². The second kappa shape index (κ2) is 9.99. The summed E-state index contributed by atoms with van der Waals surface area (Å²) in [5.74, 6) is -1.54. The molecule has 0 saturated heterocycles. The number of rotatable bonds is 6. The van der Waals surface area contributed by atoms with Gasteiger partial charge in [-0.2, -0.15) is 13.2 Å². The minimum Gasteiger partial charge on any atom is -0.496 e. The van der Waals surface area contributed by atoms with E-state index in [0.717, 1.165) is 24.3 Å². The monoisotopic (exact) mass is 458 g/mol. The molecule has 2 N–H and O–H groups in total. The van der Waals surface area contributed by atoms with Crippen LogP contribution >= 0.6 is 0 Å². The van der Waals surface area contributed by atoms with Crippen molar-refractivity contribution in [2.24, 2.45) is 0 Å². The predicted octanol–water partition coefficient (Wildman–Crippen LogP) is 5.76. The molecule has 0 fully saturated rings. The van der Waals surface area contributed by atoms with Gasteiger partial charge in [0.2, 0.25) is 5.91 Å². The number of hydrogen-bond acceptors (Lipinski definition) is 3. The maximum atomic E-state index is 13.6. The van der Waals surface area contributed by atoms with Gasteiger partial charge in [-0.3, -0.25) is 9.59 Å². The van der Waals surface area contributed by atoms with Crippen LogP contribution in [0.4, 0.5) is 28.9 Å². The van der Waals surface area contributed by atoms with E-state index >= 15 is 0 Å². The van der Waals surface area contributed by atoms with Crippen LogP contribution < -0.4 is 15.4 Å². The average molecular weight is 458 g/mol. The number of ether oxygens (including phenoxy) is 1. The number of amides is 2. The van der Waals surface area contributed by atoms with Gasteiger partial charge in [-0.25, -0.2) is 4.39 Å². The highest BCUT2D eigenvalue weighted by atomic mass is 19.4. The number of halogens is 4. The van der Waals surface area contributed by atoms with E-state index in [2.05, 4.69) is 10.6 Å². The van der Waals surface area contributed by atoms with Crippen LogP contribution in [-0.4, -0.2) is 18.9 Å². The number of benzene rings is 3. The molecule has 0 saturated carbocycles. The Morgan fingerprint density at radius 3 is 2.30 bits per heavy atom. The summed E-state index contributed by atoms with van der Waals surface area (Å²) in [7, 11) is 1.46. The van der Waals surface area contributed by atoms with Gasteiger partial charge in [-0.15, -0.1) is 0 Å². The molecule has 0 unspecified atom stereocenters. The number of alkyl halides is 3. The molecule has 9 heteroatoms. The zero-order chi connectivity index (χ0) is 24.0. The first kappa shape index (κ1) is 23.5. The third-order valence-electron chi connectivity index (χ3n) is 4.50. The van der Waals surface area contributed by atoms with Crippen molar-refractivity contribution in [1.82, 2.24) is 0 Å². The number of carbonyl (C=O) groups excluding carboxylic acids is 2. The molecule has 0 atom stereocenters. The second-order valence-corrected chi connectivity index (χ2v) is 6.78. The van der Waals surface area contributed by atoms with E-state index in [1.165, 1.54) is 31.4 Å². The zero-order valence-corrected chi connectivity index (χ0v) is 17.2. The molecule has 3 rings (SSSR count). The van der Waals surface area contributed by atoms with Crippen LogP contribution in [-0.2, 0) is 11.0 Å². The lowest BCUT2D eigenvalue weighted by molar-refractivity contribution is -0.136. The van der Waals surface area contributed by atoms with Crippen LogP contribution in [0.5, 0.6) is 5.75 Å². The Morgan fingerprint density at radius 1 is 0.939 bits per heavy atom. The molecule has 0 aromatic heterocycles. The largest absolute Gasteiger partial charge is 0.496 e. The number of anilines is 2. The molecule has 33 heavy (non-hydrogen) atoms. The molecule has 3 aromatic carbocycles. The highest BCUT2D eigenvalue weighted by molar-refractivity contribution is 6.05. The van der Waals surface area contributed by atoms with Crippen LogP contribution in [0.2, 0.25) is 0 Å². The topological polar surface area (TPSA) is 67.4 Å². The number of methoxy groups -OCH3 is 1. The first-order chi connectivity index (χ1) is 15.7. The van der Waals surface area contributed by atoms with Crippen LogP contribution in [0, 0.1) is 5.82 Å². The molecular formula is C24H18F4N2O3. The summed E-state index contributed by atoms with van der Waals surface area (Å²) in [4.78, 5) is 24.5. The van der Waals surface area contributed by atoms with E-state index in [0.29, 0.717) is 17.4 Å². The van der Waals surface area contributed by atoms with Crippen molar-refractivity contribution in [3.05, 3.63) is 95.3 Å². The summed E-state index contributed by atoms with van der Waals surface area (Å²) in [6.45, 7) is 0. The number of para-hydroxylation sites is 1. The van der Waals surface area contributed by atoms with Gasteiger partial charge in [-0.05, 0) is 54.6 Å². The number of nitrogens with one attached hydrogen (secondary N) is 2. The Labute approximate surface area is 186 Å². The lowest BCUT2D eigenvalue weighted by Crippen LogP contribution is -2.17. The van der Waals surface area contributed by atoms with Crippen molar-refractivity contribution < 1.29 is 31.9 Å². The van der Waals surface area contributed by atoms with Gasteiger partial charge in [0.25, 0.3) is 5.91 Å². The Hall–Kier alpha value is -4.14. The van der Waals surface area contributed by atoms with Crippen molar-refractivity contribution >= 4 is 29.3 Å². The lowest BCUT2D eigenvalue weighted by atomic mass is 10.1. The Morgan fingerprint density at radius 2 is 1.64 bits per heavy atom. The van der Waals surface area contributed by atoms with Crippen molar-refractivity contribution in [3.8, 4) is 5.75 Å². The fourth-order valence-electron chi connectivity index (χ4n) is 2.91. The maximum absolute atomic E-state index is 13.6. The molecular weight excluding hydrogens is 440 g/mol. The summed E-state index contributed by atoms with van der Waals surface area (Å²) in [6, 6.07) is 14.3.